The van der Waals surface area contributed by atoms with Crippen molar-refractivity contribution >= 4 is 26.6 Å². The molecular formula is C21H23N3O3S. The van der Waals surface area contributed by atoms with E-state index < -0.39 is 9.84 Å². The van der Waals surface area contributed by atoms with E-state index in [1.807, 2.05) is 42.3 Å². The van der Waals surface area contributed by atoms with Crippen molar-refractivity contribution in [1.29, 1.82) is 0 Å². The molecule has 1 aliphatic rings. The number of rotatable bonds is 3. The summed E-state index contributed by atoms with van der Waals surface area (Å²) in [7, 11) is -1.30. The third kappa shape index (κ3) is 3.43. The van der Waals surface area contributed by atoms with E-state index >= 15 is 0 Å². The van der Waals surface area contributed by atoms with Gasteiger partial charge in [0.1, 0.15) is 5.69 Å². The van der Waals surface area contributed by atoms with Crippen molar-refractivity contribution in [3.63, 3.8) is 0 Å². The molecule has 1 saturated heterocycles. The fourth-order valence-corrected chi connectivity index (χ4v) is 4.28. The van der Waals surface area contributed by atoms with Gasteiger partial charge in [0.2, 0.25) is 0 Å². The van der Waals surface area contributed by atoms with Gasteiger partial charge in [-0.25, -0.2) is 8.42 Å². The lowest BCUT2D eigenvalue weighted by Gasteiger charge is -2.32. The third-order valence-electron chi connectivity index (χ3n) is 5.27. The number of piperazine rings is 1. The summed E-state index contributed by atoms with van der Waals surface area (Å²) < 4.78 is 24.1. The Kier molecular flexibility index (Phi) is 4.72. The van der Waals surface area contributed by atoms with Crippen LogP contribution in [0, 0.1) is 0 Å². The van der Waals surface area contributed by atoms with Crippen LogP contribution in [0.15, 0.2) is 53.4 Å². The molecule has 0 saturated carbocycles. The summed E-state index contributed by atoms with van der Waals surface area (Å²) in [6.07, 6.45) is 1.19. The summed E-state index contributed by atoms with van der Waals surface area (Å²) >= 11 is 0. The quantitative estimate of drug-likeness (QED) is 0.737. The van der Waals surface area contributed by atoms with E-state index in [1.165, 1.54) is 6.26 Å². The number of fused-ring (bicyclic) bond motifs is 1. The lowest BCUT2D eigenvalue weighted by Crippen LogP contribution is -2.47. The van der Waals surface area contributed by atoms with Gasteiger partial charge in [-0.3, -0.25) is 4.79 Å². The van der Waals surface area contributed by atoms with Crippen LogP contribution in [0.25, 0.3) is 22.0 Å². The fraction of sp³-hybridized carbons (Fsp3) is 0.286. The number of nitrogens with one attached hydrogen (secondary N) is 1. The van der Waals surface area contributed by atoms with Gasteiger partial charge in [-0.05, 0) is 30.8 Å². The van der Waals surface area contributed by atoms with Crippen LogP contribution in [0.4, 0.5) is 0 Å². The summed E-state index contributed by atoms with van der Waals surface area (Å²) in [5, 5.41) is 0.742. The van der Waals surface area contributed by atoms with Crippen molar-refractivity contribution < 1.29 is 13.2 Å². The Morgan fingerprint density at radius 2 is 1.68 bits per heavy atom. The molecular weight excluding hydrogens is 374 g/mol. The highest BCUT2D eigenvalue weighted by Gasteiger charge is 2.26. The van der Waals surface area contributed by atoms with Gasteiger partial charge in [0.25, 0.3) is 5.91 Å². The Bertz CT molecular complexity index is 1130. The monoisotopic (exact) mass is 397 g/mol. The molecule has 1 aromatic heterocycles. The standard InChI is InChI=1S/C21H23N3O3S/c1-23-10-12-24(13-11-23)21(25)20-19(15-6-4-3-5-7-15)17-14-16(28(2,26)27)8-9-18(17)22-20/h3-9,14,22H,10-13H2,1-2H3. The number of aromatic nitrogens is 1. The average Bonchev–Trinajstić information content (AvgIpc) is 3.06. The normalized spacial score (nSPS) is 15.9. The fourth-order valence-electron chi connectivity index (χ4n) is 3.63. The molecule has 2 aromatic carbocycles. The number of carbonyl (C=O) groups excluding carboxylic acids is 1. The maximum absolute atomic E-state index is 13.3. The number of hydrogen-bond acceptors (Lipinski definition) is 4. The van der Waals surface area contributed by atoms with E-state index in [9.17, 15) is 13.2 Å². The van der Waals surface area contributed by atoms with Crippen molar-refractivity contribution in [2.75, 3.05) is 39.5 Å². The van der Waals surface area contributed by atoms with Crippen LogP contribution in [0.1, 0.15) is 10.5 Å². The molecule has 4 rings (SSSR count). The highest BCUT2D eigenvalue weighted by atomic mass is 32.2. The minimum absolute atomic E-state index is 0.0518. The van der Waals surface area contributed by atoms with Crippen molar-refractivity contribution in [1.82, 2.24) is 14.8 Å². The summed E-state index contributed by atoms with van der Waals surface area (Å²) in [5.74, 6) is -0.0518. The molecule has 0 radical (unpaired) electrons. The van der Waals surface area contributed by atoms with E-state index in [0.29, 0.717) is 18.8 Å². The second kappa shape index (κ2) is 7.07. The Hall–Kier alpha value is -2.64. The van der Waals surface area contributed by atoms with Crippen molar-refractivity contribution in [2.45, 2.75) is 4.90 Å². The predicted octanol–water partition coefficient (Wildman–Crippen LogP) is 2.63. The van der Waals surface area contributed by atoms with Crippen LogP contribution >= 0.6 is 0 Å². The Morgan fingerprint density at radius 3 is 2.32 bits per heavy atom. The summed E-state index contributed by atoms with van der Waals surface area (Å²) in [5.41, 5.74) is 2.90. The molecule has 0 unspecified atom stereocenters. The maximum atomic E-state index is 13.3. The van der Waals surface area contributed by atoms with Crippen molar-refractivity contribution in [3.05, 3.63) is 54.2 Å². The first-order valence-electron chi connectivity index (χ1n) is 9.23. The molecule has 1 amide bonds. The molecule has 3 aromatic rings. The minimum atomic E-state index is -3.35. The Balaban J connectivity index is 1.89. The van der Waals surface area contributed by atoms with E-state index in [2.05, 4.69) is 9.88 Å². The number of sulfone groups is 1. The smallest absolute Gasteiger partial charge is 0.271 e. The van der Waals surface area contributed by atoms with Gasteiger partial charge in [0.05, 0.1) is 4.90 Å². The Labute approximate surface area is 164 Å². The first kappa shape index (κ1) is 18.7. The zero-order valence-corrected chi connectivity index (χ0v) is 16.8. The number of nitrogens with zero attached hydrogens (tertiary/aromatic N) is 2. The molecule has 0 atom stereocenters. The van der Waals surface area contributed by atoms with Gasteiger partial charge >= 0.3 is 0 Å². The highest BCUT2D eigenvalue weighted by Crippen LogP contribution is 2.34. The van der Waals surface area contributed by atoms with Crippen molar-refractivity contribution in [2.24, 2.45) is 0 Å². The zero-order chi connectivity index (χ0) is 19.9. The van der Waals surface area contributed by atoms with Crippen molar-refractivity contribution in [3.8, 4) is 11.1 Å². The number of likely N-dealkylation sites (N-methyl/N-ethyl adjacent to an activating group) is 1. The molecule has 7 heteroatoms. The van der Waals surface area contributed by atoms with Gasteiger partial charge in [-0.15, -0.1) is 0 Å². The highest BCUT2D eigenvalue weighted by molar-refractivity contribution is 7.90. The van der Waals surface area contributed by atoms with Gasteiger partial charge in [0, 0.05) is 48.9 Å². The number of hydrogen-bond donors (Lipinski definition) is 1. The number of H-pyrrole nitrogens is 1. The average molecular weight is 398 g/mol. The summed E-state index contributed by atoms with van der Waals surface area (Å²) in [4.78, 5) is 20.9. The van der Waals surface area contributed by atoms with Crippen LogP contribution in [-0.4, -0.2) is 68.6 Å². The SMILES string of the molecule is CN1CCN(C(=O)c2[nH]c3ccc(S(C)(=O)=O)cc3c2-c2ccccc2)CC1. The predicted molar refractivity (Wildman–Crippen MR) is 110 cm³/mol. The molecule has 1 aliphatic heterocycles. The summed E-state index contributed by atoms with van der Waals surface area (Å²) in [6, 6.07) is 14.6. The number of benzene rings is 2. The van der Waals surface area contributed by atoms with Crippen LogP contribution < -0.4 is 0 Å². The molecule has 0 spiro atoms. The van der Waals surface area contributed by atoms with Gasteiger partial charge in [-0.2, -0.15) is 0 Å². The molecule has 6 nitrogen and oxygen atoms in total. The largest absolute Gasteiger partial charge is 0.350 e. The number of carbonyl (C=O) groups is 1. The zero-order valence-electron chi connectivity index (χ0n) is 16.0. The number of aromatic amines is 1. The lowest BCUT2D eigenvalue weighted by atomic mass is 10.0. The summed E-state index contributed by atoms with van der Waals surface area (Å²) in [6.45, 7) is 3.02. The number of amides is 1. The second-order valence-electron chi connectivity index (χ2n) is 7.32. The first-order chi connectivity index (χ1) is 13.3. The second-order valence-corrected chi connectivity index (χ2v) is 9.33. The molecule has 146 valence electrons. The van der Waals surface area contributed by atoms with E-state index in [1.54, 1.807) is 18.2 Å². The molecule has 28 heavy (non-hydrogen) atoms. The van der Waals surface area contributed by atoms with Crippen LogP contribution in [0.5, 0.6) is 0 Å². The van der Waals surface area contributed by atoms with Gasteiger partial charge < -0.3 is 14.8 Å². The van der Waals surface area contributed by atoms with Crippen LogP contribution in [0.2, 0.25) is 0 Å². The lowest BCUT2D eigenvalue weighted by molar-refractivity contribution is 0.0660. The molecule has 0 aliphatic carbocycles. The van der Waals surface area contributed by atoms with E-state index in [4.69, 9.17) is 0 Å². The van der Waals surface area contributed by atoms with E-state index in [0.717, 1.165) is 35.1 Å². The molecule has 1 fully saturated rings. The first-order valence-corrected chi connectivity index (χ1v) is 11.1. The maximum Gasteiger partial charge on any atom is 0.271 e. The van der Waals surface area contributed by atoms with Gasteiger partial charge in [-0.1, -0.05) is 30.3 Å². The topological polar surface area (TPSA) is 73.5 Å². The van der Waals surface area contributed by atoms with Crippen LogP contribution in [-0.2, 0) is 9.84 Å². The third-order valence-corrected chi connectivity index (χ3v) is 6.38. The minimum Gasteiger partial charge on any atom is -0.350 e. The molecule has 1 N–H and O–H groups in total. The molecule has 0 bridgehead atoms. The van der Waals surface area contributed by atoms with E-state index in [-0.39, 0.29) is 10.8 Å². The Morgan fingerprint density at radius 1 is 1.00 bits per heavy atom. The van der Waals surface area contributed by atoms with Crippen LogP contribution in [0.3, 0.4) is 0 Å². The molecule has 2 heterocycles. The van der Waals surface area contributed by atoms with Gasteiger partial charge in [0.15, 0.2) is 9.84 Å².